The second-order valence-electron chi connectivity index (χ2n) is 4.63. The number of hydrogen-bond donors (Lipinski definition) is 2. The first-order valence-corrected chi connectivity index (χ1v) is 7.85. The van der Waals surface area contributed by atoms with Gasteiger partial charge in [-0.1, -0.05) is 13.0 Å². The Morgan fingerprint density at radius 1 is 1.43 bits per heavy atom. The van der Waals surface area contributed by atoms with Gasteiger partial charge in [0.2, 0.25) is 0 Å². The molecule has 2 aromatic heterocycles. The molecule has 0 aliphatic carbocycles. The van der Waals surface area contributed by atoms with Gasteiger partial charge in [-0.25, -0.2) is 10.8 Å². The van der Waals surface area contributed by atoms with Gasteiger partial charge >= 0.3 is 0 Å². The summed E-state index contributed by atoms with van der Waals surface area (Å²) >= 11 is 1.66. The Balaban J connectivity index is 2.24. The molecule has 0 saturated heterocycles. The number of nitrogen functional groups attached to an aromatic ring is 1. The molecule has 0 saturated carbocycles. The zero-order valence-corrected chi connectivity index (χ0v) is 13.1. The largest absolute Gasteiger partial charge is 0.334 e. The number of hydrogen-bond acceptors (Lipinski definition) is 5. The van der Waals surface area contributed by atoms with Crippen LogP contribution >= 0.6 is 11.3 Å². The normalized spacial score (nSPS) is 10.4. The average Bonchev–Trinajstić information content (AvgIpc) is 3.04. The molecule has 2 heterocycles. The van der Waals surface area contributed by atoms with Crippen LogP contribution in [0.15, 0.2) is 29.6 Å². The fourth-order valence-electron chi connectivity index (χ4n) is 2.07. The summed E-state index contributed by atoms with van der Waals surface area (Å²) in [5.74, 6) is 5.94. The maximum Gasteiger partial charge on any atom is 0.254 e. The van der Waals surface area contributed by atoms with Gasteiger partial charge in [0.1, 0.15) is 5.82 Å². The standard InChI is InChI=1S/C15H20N4OS/c1-3-12-8-11(9-14(17-12)18-16)15(20)19(4-2)10-13-6-5-7-21-13/h5-9H,3-4,10,16H2,1-2H3,(H,17,18). The van der Waals surface area contributed by atoms with Gasteiger partial charge < -0.3 is 10.3 Å². The molecule has 0 unspecified atom stereocenters. The fourth-order valence-corrected chi connectivity index (χ4v) is 2.79. The van der Waals surface area contributed by atoms with Gasteiger partial charge in [-0.2, -0.15) is 0 Å². The summed E-state index contributed by atoms with van der Waals surface area (Å²) in [4.78, 5) is 20.0. The van der Waals surface area contributed by atoms with E-state index in [0.29, 0.717) is 24.5 Å². The molecule has 5 nitrogen and oxygen atoms in total. The Kier molecular flexibility index (Phi) is 5.30. The van der Waals surface area contributed by atoms with Crippen molar-refractivity contribution in [1.29, 1.82) is 0 Å². The van der Waals surface area contributed by atoms with E-state index in [2.05, 4.69) is 10.4 Å². The first-order valence-electron chi connectivity index (χ1n) is 6.97. The van der Waals surface area contributed by atoms with E-state index in [0.717, 1.165) is 12.1 Å². The van der Waals surface area contributed by atoms with E-state index in [1.54, 1.807) is 17.4 Å². The number of anilines is 1. The second-order valence-corrected chi connectivity index (χ2v) is 5.66. The number of carbonyl (C=O) groups is 1. The highest BCUT2D eigenvalue weighted by Gasteiger charge is 2.16. The Bertz CT molecular complexity index is 575. The van der Waals surface area contributed by atoms with Crippen LogP contribution in [0.1, 0.15) is 34.8 Å². The first kappa shape index (κ1) is 15.5. The molecule has 1 amide bonds. The van der Waals surface area contributed by atoms with Crippen LogP contribution in [0.5, 0.6) is 0 Å². The van der Waals surface area contributed by atoms with Crippen molar-refractivity contribution in [2.75, 3.05) is 12.0 Å². The topological polar surface area (TPSA) is 71.2 Å². The zero-order valence-electron chi connectivity index (χ0n) is 12.3. The van der Waals surface area contributed by atoms with E-state index in [9.17, 15) is 4.79 Å². The quantitative estimate of drug-likeness (QED) is 0.636. The van der Waals surface area contributed by atoms with E-state index < -0.39 is 0 Å². The lowest BCUT2D eigenvalue weighted by atomic mass is 10.1. The molecule has 0 atom stereocenters. The van der Waals surface area contributed by atoms with Crippen molar-refractivity contribution in [3.8, 4) is 0 Å². The second kappa shape index (κ2) is 7.19. The number of nitrogens with zero attached hydrogens (tertiary/aromatic N) is 2. The van der Waals surface area contributed by atoms with Crippen molar-refractivity contribution in [3.63, 3.8) is 0 Å². The number of amides is 1. The smallest absolute Gasteiger partial charge is 0.254 e. The van der Waals surface area contributed by atoms with Crippen LogP contribution in [0.25, 0.3) is 0 Å². The summed E-state index contributed by atoms with van der Waals surface area (Å²) in [6.45, 7) is 5.27. The van der Waals surface area contributed by atoms with Gasteiger partial charge in [0.15, 0.2) is 0 Å². The molecule has 0 bridgehead atoms. The molecule has 0 aliphatic rings. The van der Waals surface area contributed by atoms with Gasteiger partial charge in [0.05, 0.1) is 6.54 Å². The molecule has 21 heavy (non-hydrogen) atoms. The molecule has 3 N–H and O–H groups in total. The van der Waals surface area contributed by atoms with Crippen LogP contribution in [-0.4, -0.2) is 22.3 Å². The first-order chi connectivity index (χ1) is 10.2. The molecule has 2 aromatic rings. The maximum absolute atomic E-state index is 12.7. The molecular weight excluding hydrogens is 284 g/mol. The SMILES string of the molecule is CCc1cc(C(=O)N(CC)Cc2cccs2)cc(NN)n1. The third kappa shape index (κ3) is 3.80. The number of thiophene rings is 1. The van der Waals surface area contributed by atoms with E-state index in [1.165, 1.54) is 4.88 Å². The van der Waals surface area contributed by atoms with Crippen molar-refractivity contribution in [2.45, 2.75) is 26.8 Å². The summed E-state index contributed by atoms with van der Waals surface area (Å²) in [6, 6.07) is 7.56. The molecule has 0 spiro atoms. The molecule has 6 heteroatoms. The Morgan fingerprint density at radius 2 is 2.24 bits per heavy atom. The van der Waals surface area contributed by atoms with Crippen LogP contribution < -0.4 is 11.3 Å². The summed E-state index contributed by atoms with van der Waals surface area (Å²) in [7, 11) is 0. The Hall–Kier alpha value is -1.92. The van der Waals surface area contributed by atoms with Crippen molar-refractivity contribution >= 4 is 23.1 Å². The monoisotopic (exact) mass is 304 g/mol. The lowest BCUT2D eigenvalue weighted by Crippen LogP contribution is -2.30. The lowest BCUT2D eigenvalue weighted by Gasteiger charge is -2.20. The fraction of sp³-hybridized carbons (Fsp3) is 0.333. The molecule has 0 radical (unpaired) electrons. The molecule has 112 valence electrons. The van der Waals surface area contributed by atoms with Crippen LogP contribution in [0.2, 0.25) is 0 Å². The molecule has 0 fully saturated rings. The van der Waals surface area contributed by atoms with E-state index in [4.69, 9.17) is 5.84 Å². The molecular formula is C15H20N4OS. The Morgan fingerprint density at radius 3 is 2.81 bits per heavy atom. The summed E-state index contributed by atoms with van der Waals surface area (Å²) < 4.78 is 0. The molecule has 0 aliphatic heterocycles. The van der Waals surface area contributed by atoms with Crippen LogP contribution in [0, 0.1) is 0 Å². The zero-order chi connectivity index (χ0) is 15.2. The summed E-state index contributed by atoms with van der Waals surface area (Å²) in [6.07, 6.45) is 0.757. The minimum absolute atomic E-state index is 0.000463. The van der Waals surface area contributed by atoms with Crippen LogP contribution in [-0.2, 0) is 13.0 Å². The van der Waals surface area contributed by atoms with E-state index in [-0.39, 0.29) is 5.91 Å². The van der Waals surface area contributed by atoms with E-state index >= 15 is 0 Å². The third-order valence-electron chi connectivity index (χ3n) is 3.23. The van der Waals surface area contributed by atoms with Gasteiger partial charge in [-0.3, -0.25) is 4.79 Å². The highest BCUT2D eigenvalue weighted by atomic mass is 32.1. The number of pyridine rings is 1. The predicted octanol–water partition coefficient (Wildman–Crippen LogP) is 2.65. The highest BCUT2D eigenvalue weighted by Crippen LogP contribution is 2.17. The van der Waals surface area contributed by atoms with Gasteiger partial charge in [-0.05, 0) is 36.9 Å². The lowest BCUT2D eigenvalue weighted by molar-refractivity contribution is 0.0754. The third-order valence-corrected chi connectivity index (χ3v) is 4.09. The number of rotatable bonds is 6. The number of carbonyl (C=O) groups excluding carboxylic acids is 1. The highest BCUT2D eigenvalue weighted by molar-refractivity contribution is 7.09. The number of aromatic nitrogens is 1. The molecule has 0 aromatic carbocycles. The minimum Gasteiger partial charge on any atom is -0.334 e. The van der Waals surface area contributed by atoms with Gasteiger partial charge in [0.25, 0.3) is 5.91 Å². The average molecular weight is 304 g/mol. The van der Waals surface area contributed by atoms with Crippen LogP contribution in [0.4, 0.5) is 5.82 Å². The predicted molar refractivity (Wildman–Crippen MR) is 86.2 cm³/mol. The number of nitrogens with one attached hydrogen (secondary N) is 1. The number of hydrazine groups is 1. The van der Waals surface area contributed by atoms with Crippen molar-refractivity contribution in [3.05, 3.63) is 45.8 Å². The Labute approximate surface area is 128 Å². The summed E-state index contributed by atoms with van der Waals surface area (Å²) in [5.41, 5.74) is 3.99. The van der Waals surface area contributed by atoms with Gasteiger partial charge in [-0.15, -0.1) is 11.3 Å². The van der Waals surface area contributed by atoms with Crippen molar-refractivity contribution < 1.29 is 4.79 Å². The van der Waals surface area contributed by atoms with Crippen molar-refractivity contribution in [2.24, 2.45) is 5.84 Å². The maximum atomic E-state index is 12.7. The summed E-state index contributed by atoms with van der Waals surface area (Å²) in [5, 5.41) is 2.02. The van der Waals surface area contributed by atoms with E-state index in [1.807, 2.05) is 42.3 Å². The number of aryl methyl sites for hydroxylation is 1. The minimum atomic E-state index is -0.000463. The number of nitrogens with two attached hydrogens (primary N) is 1. The molecule has 2 rings (SSSR count). The van der Waals surface area contributed by atoms with Crippen LogP contribution in [0.3, 0.4) is 0 Å². The van der Waals surface area contributed by atoms with Crippen molar-refractivity contribution in [1.82, 2.24) is 9.88 Å². The van der Waals surface area contributed by atoms with Gasteiger partial charge in [0, 0.05) is 22.7 Å².